The molecule has 0 fully saturated rings. The normalized spacial score (nSPS) is 11.6. The molecule has 0 spiro atoms. The maximum absolute atomic E-state index is 8.60. The zero-order chi connectivity index (χ0) is 20.9. The molecule has 0 saturated heterocycles. The van der Waals surface area contributed by atoms with E-state index in [0.29, 0.717) is 0 Å². The number of para-hydroxylation sites is 1. The lowest BCUT2D eigenvalue weighted by atomic mass is 10.1. The zero-order valence-electron chi connectivity index (χ0n) is 15.6. The predicted molar refractivity (Wildman–Crippen MR) is 101 cm³/mol. The van der Waals surface area contributed by atoms with Gasteiger partial charge in [0.2, 0.25) is 5.58 Å². The molecular weight excluding hydrogens is 396 g/mol. The van der Waals surface area contributed by atoms with E-state index in [1.807, 2.05) is 48.7 Å². The van der Waals surface area contributed by atoms with E-state index in [2.05, 4.69) is 47.1 Å². The van der Waals surface area contributed by atoms with E-state index in [4.69, 9.17) is 23.1 Å². The summed E-state index contributed by atoms with van der Waals surface area (Å²) in [5, 5.41) is 5.72. The summed E-state index contributed by atoms with van der Waals surface area (Å²) in [5.74, 6) is 0.840. The molecule has 0 amide bonds. The summed E-state index contributed by atoms with van der Waals surface area (Å²) in [6, 6.07) is 22.7. The van der Waals surface area contributed by atoms with Crippen LogP contribution in [0.4, 0.5) is 5.69 Å². The van der Waals surface area contributed by atoms with Gasteiger partial charge >= 0.3 is 5.89 Å². The van der Waals surface area contributed by atoms with Gasteiger partial charge in [-0.25, -0.2) is 0 Å². The maximum atomic E-state index is 8.60. The van der Waals surface area contributed by atoms with E-state index in [9.17, 15) is 0 Å². The molecule has 29 heavy (non-hydrogen) atoms. The number of benzene rings is 3. The second-order valence-electron chi connectivity index (χ2n) is 6.06. The molecule has 1 aromatic heterocycles. The van der Waals surface area contributed by atoms with Gasteiger partial charge in [-0.2, -0.15) is 18.5 Å². The minimum atomic E-state index is -4.69. The third-order valence-electron chi connectivity index (χ3n) is 4.18. The van der Waals surface area contributed by atoms with Crippen molar-refractivity contribution in [1.29, 1.82) is 0 Å². The van der Waals surface area contributed by atoms with E-state index in [-0.39, 0.29) is 0 Å². The van der Waals surface area contributed by atoms with Crippen LogP contribution in [-0.4, -0.2) is 4.66 Å². The molecule has 2 N–H and O–H groups in total. The van der Waals surface area contributed by atoms with Gasteiger partial charge in [0.05, 0.1) is 26.4 Å². The molecule has 4 rings (SSSR count). The third kappa shape index (κ3) is 5.54. The fourth-order valence-corrected chi connectivity index (χ4v) is 3.06. The van der Waals surface area contributed by atoms with Crippen molar-refractivity contribution in [1.82, 2.24) is 0 Å². The predicted octanol–water partition coefficient (Wildman–Crippen LogP) is 0.852. The molecule has 0 radical (unpaired) electrons. The van der Waals surface area contributed by atoms with Crippen LogP contribution in [-0.2, 0) is 6.54 Å². The lowest BCUT2D eigenvalue weighted by molar-refractivity contribution is -1.92. The molecule has 4 aromatic rings. The van der Waals surface area contributed by atoms with Gasteiger partial charge in [-0.05, 0) is 36.6 Å². The highest BCUT2D eigenvalue weighted by atomic mass is 35.7. The molecule has 0 aliphatic rings. The van der Waals surface area contributed by atoms with Crippen LogP contribution < -0.4 is 23.9 Å². The van der Waals surface area contributed by atoms with Gasteiger partial charge in [0.1, 0.15) is 6.54 Å². The first kappa shape index (κ1) is 20.8. The smallest absolute Gasteiger partial charge is 0.375 e. The molecule has 1 heterocycles. The van der Waals surface area contributed by atoms with Gasteiger partial charge in [-0.1, -0.05) is 42.5 Å². The highest BCUT2D eigenvalue weighted by Crippen LogP contribution is 2.24. The Morgan fingerprint density at radius 2 is 1.66 bits per heavy atom. The average molecular weight is 416 g/mol. The lowest BCUT2D eigenvalue weighted by Gasteiger charge is -2.03. The van der Waals surface area contributed by atoms with E-state index in [0.717, 1.165) is 29.2 Å². The van der Waals surface area contributed by atoms with E-state index < -0.39 is 10.2 Å². The monoisotopic (exact) mass is 415 g/mol. The Hall–Kier alpha value is -2.94. The number of aromatic nitrogens is 1. The molecule has 0 aliphatic carbocycles. The minimum absolute atomic E-state index is 0.840. The number of fused-ring (bicyclic) bond motifs is 3. The first-order valence-electron chi connectivity index (χ1n) is 8.82. The summed E-state index contributed by atoms with van der Waals surface area (Å²) < 4.78 is 41.0. The van der Waals surface area contributed by atoms with Gasteiger partial charge in [-0.15, -0.1) is 0 Å². The third-order valence-corrected chi connectivity index (χ3v) is 4.18. The van der Waals surface area contributed by atoms with E-state index in [1.165, 1.54) is 10.8 Å². The highest BCUT2D eigenvalue weighted by Gasteiger charge is 2.21. The number of hydrogen-bond acceptors (Lipinski definition) is 6. The lowest BCUT2D eigenvalue weighted by Crippen LogP contribution is -2.58. The summed E-state index contributed by atoms with van der Waals surface area (Å²) in [6.07, 6.45) is 3.90. The summed E-state index contributed by atoms with van der Waals surface area (Å²) in [4.78, 5) is 0. The maximum Gasteiger partial charge on any atom is 0.375 e. The standard InChI is InChI=1S/C21H18N2O.ClHO4/c1-2-23-20(14-15-22-17-9-4-3-5-10-17)24-19-13-12-16-8-6-7-11-18(16)21(19)23;2-1(3,4)5/h3-15H,2H2,1H3;(H,2,3,4,5)/p+1. The number of anilines is 1. The number of nitrogens with one attached hydrogen (secondary N) is 1. The first-order chi connectivity index (χ1) is 13.9. The van der Waals surface area contributed by atoms with Crippen molar-refractivity contribution < 1.29 is 37.9 Å². The van der Waals surface area contributed by atoms with Gasteiger partial charge in [0.15, 0.2) is 0 Å². The summed E-state index contributed by atoms with van der Waals surface area (Å²) in [6.45, 7) is 2.99. The number of oxazole rings is 1. The van der Waals surface area contributed by atoms with Gasteiger partial charge in [0.25, 0.3) is 5.52 Å². The largest absolute Gasteiger partial charge is 0.398 e. The van der Waals surface area contributed by atoms with Crippen molar-refractivity contribution in [3.8, 4) is 0 Å². The Labute approximate surface area is 169 Å². The zero-order valence-corrected chi connectivity index (χ0v) is 16.4. The molecule has 0 saturated carbocycles. The summed E-state index contributed by atoms with van der Waals surface area (Å²) >= 11 is 0. The van der Waals surface area contributed by atoms with Crippen molar-refractivity contribution in [2.24, 2.45) is 0 Å². The topological polar surface area (TPSA) is 118 Å². The molecule has 0 atom stereocenters. The number of rotatable bonds is 4. The Kier molecular flexibility index (Phi) is 6.48. The second-order valence-corrected chi connectivity index (χ2v) is 6.85. The second kappa shape index (κ2) is 9.04. The van der Waals surface area contributed by atoms with Crippen LogP contribution >= 0.6 is 0 Å². The van der Waals surface area contributed by atoms with Crippen molar-refractivity contribution in [3.63, 3.8) is 0 Å². The fourth-order valence-electron chi connectivity index (χ4n) is 3.06. The number of aryl methyl sites for hydroxylation is 1. The van der Waals surface area contributed by atoms with Crippen LogP contribution in [0.5, 0.6) is 0 Å². The Bertz CT molecular complexity index is 1110. The van der Waals surface area contributed by atoms with E-state index in [1.54, 1.807) is 0 Å². The average Bonchev–Trinajstić information content (AvgIpc) is 3.05. The van der Waals surface area contributed by atoms with Crippen LogP contribution in [0.15, 0.2) is 77.3 Å². The van der Waals surface area contributed by atoms with Gasteiger partial charge < -0.3 is 9.73 Å². The fraction of sp³-hybridized carbons (Fsp3) is 0.0952. The molecule has 0 bridgehead atoms. The van der Waals surface area contributed by atoms with Crippen LogP contribution in [0.25, 0.3) is 27.9 Å². The molecule has 0 aliphatic heterocycles. The highest BCUT2D eigenvalue weighted by molar-refractivity contribution is 6.01. The van der Waals surface area contributed by atoms with Crippen LogP contribution in [0.3, 0.4) is 0 Å². The van der Waals surface area contributed by atoms with Crippen molar-refractivity contribution in [2.45, 2.75) is 13.5 Å². The van der Waals surface area contributed by atoms with Crippen LogP contribution in [0.2, 0.25) is 0 Å². The number of hydrogen-bond donors (Lipinski definition) is 2. The number of nitrogens with zero attached hydrogens (tertiary/aromatic N) is 1. The van der Waals surface area contributed by atoms with E-state index >= 15 is 0 Å². The summed E-state index contributed by atoms with van der Waals surface area (Å²) in [5.41, 5.74) is 3.11. The first-order valence-corrected chi connectivity index (χ1v) is 10.1. The van der Waals surface area contributed by atoms with Crippen molar-refractivity contribution in [3.05, 3.63) is 78.8 Å². The van der Waals surface area contributed by atoms with Gasteiger partial charge in [0, 0.05) is 11.9 Å². The quantitative estimate of drug-likeness (QED) is 0.477. The van der Waals surface area contributed by atoms with Gasteiger partial charge in [-0.3, -0.25) is 0 Å². The Balaban J connectivity index is 0.000000431. The summed E-state index contributed by atoms with van der Waals surface area (Å²) in [7, 11) is -4.69. The Morgan fingerprint density at radius 3 is 2.34 bits per heavy atom. The molecule has 8 heteroatoms. The SMILES string of the molecule is CC[n+]1c(/C=C/Nc2ccccc2)oc2ccc3ccccc3c21.[O-][Cl+3]([O-])([O-])O. The molecule has 7 nitrogen and oxygen atoms in total. The molecule has 3 aromatic carbocycles. The molecular formula is C21H20ClN2O5+. The van der Waals surface area contributed by atoms with Crippen molar-refractivity contribution in [2.75, 3.05) is 5.32 Å². The minimum Gasteiger partial charge on any atom is -0.398 e. The molecule has 0 unspecified atom stereocenters. The van der Waals surface area contributed by atoms with Crippen molar-refractivity contribution >= 4 is 33.6 Å². The Morgan fingerprint density at radius 1 is 1.00 bits per heavy atom. The molecule has 150 valence electrons. The number of halogens is 1. The van der Waals surface area contributed by atoms with Crippen LogP contribution in [0, 0.1) is 10.2 Å². The van der Waals surface area contributed by atoms with Crippen LogP contribution in [0.1, 0.15) is 12.8 Å².